The van der Waals surface area contributed by atoms with Crippen molar-refractivity contribution in [3.05, 3.63) is 12.7 Å². The lowest BCUT2D eigenvalue weighted by Gasteiger charge is -2.17. The smallest absolute Gasteiger partial charge is 0.166 e. The Kier molecular flexibility index (Phi) is 4.06. The molecule has 1 fully saturated rings. The third-order valence-corrected chi connectivity index (χ3v) is 4.02. The number of hydrogen-bond acceptors (Lipinski definition) is 4. The highest BCUT2D eigenvalue weighted by atomic mass is 32.2. The van der Waals surface area contributed by atoms with Gasteiger partial charge in [0.2, 0.25) is 0 Å². The Morgan fingerprint density at radius 1 is 1.60 bits per heavy atom. The van der Waals surface area contributed by atoms with Crippen molar-refractivity contribution in [1.82, 2.24) is 10.6 Å². The van der Waals surface area contributed by atoms with Gasteiger partial charge in [-0.15, -0.1) is 6.58 Å². The van der Waals surface area contributed by atoms with Crippen LogP contribution in [-0.4, -0.2) is 48.8 Å². The summed E-state index contributed by atoms with van der Waals surface area (Å²) >= 11 is 4.91. The van der Waals surface area contributed by atoms with E-state index >= 15 is 0 Å². The lowest BCUT2D eigenvalue weighted by atomic mass is 10.2. The maximum atomic E-state index is 11.2. The molecule has 1 heterocycles. The van der Waals surface area contributed by atoms with Crippen LogP contribution in [0.15, 0.2) is 12.7 Å². The van der Waals surface area contributed by atoms with E-state index in [1.807, 2.05) is 0 Å². The molecule has 2 atom stereocenters. The highest BCUT2D eigenvalue weighted by Crippen LogP contribution is 2.12. The Balaban J connectivity index is 2.46. The predicted molar refractivity (Wildman–Crippen MR) is 62.4 cm³/mol. The van der Waals surface area contributed by atoms with Crippen LogP contribution in [0, 0.1) is 0 Å². The van der Waals surface area contributed by atoms with Crippen molar-refractivity contribution in [2.45, 2.75) is 12.1 Å². The second-order valence-corrected chi connectivity index (χ2v) is 5.96. The lowest BCUT2D eigenvalue weighted by Crippen LogP contribution is -2.47. The first-order chi connectivity index (χ1) is 6.94. The molecular formula is C8H14N2O3S2. The first kappa shape index (κ1) is 12.4. The van der Waals surface area contributed by atoms with Crippen molar-refractivity contribution in [3.8, 4) is 0 Å². The van der Waals surface area contributed by atoms with E-state index in [0.717, 1.165) is 0 Å². The van der Waals surface area contributed by atoms with E-state index < -0.39 is 22.0 Å². The van der Waals surface area contributed by atoms with Crippen LogP contribution in [0.3, 0.4) is 0 Å². The number of aliphatic hydroxyl groups is 1. The van der Waals surface area contributed by atoms with E-state index in [-0.39, 0.29) is 11.5 Å². The third-order valence-electron chi connectivity index (χ3n) is 2.05. The van der Waals surface area contributed by atoms with E-state index in [0.29, 0.717) is 11.7 Å². The fourth-order valence-electron chi connectivity index (χ4n) is 1.35. The van der Waals surface area contributed by atoms with Gasteiger partial charge in [-0.25, -0.2) is 8.42 Å². The van der Waals surface area contributed by atoms with Crippen LogP contribution in [0.4, 0.5) is 0 Å². The van der Waals surface area contributed by atoms with Gasteiger partial charge in [0.05, 0.1) is 23.7 Å². The molecule has 0 saturated carbocycles. The highest BCUT2D eigenvalue weighted by Gasteiger charge is 2.36. The Labute approximate surface area is 94.5 Å². The molecule has 3 N–H and O–H groups in total. The van der Waals surface area contributed by atoms with Crippen LogP contribution in [0.25, 0.3) is 0 Å². The zero-order valence-corrected chi connectivity index (χ0v) is 9.77. The Hall–Kier alpha value is -0.660. The van der Waals surface area contributed by atoms with Gasteiger partial charge in [0.25, 0.3) is 0 Å². The monoisotopic (exact) mass is 250 g/mol. The first-order valence-corrected chi connectivity index (χ1v) is 6.71. The zero-order chi connectivity index (χ0) is 11.5. The maximum absolute atomic E-state index is 11.2. The number of sulfone groups is 1. The molecule has 0 bridgehead atoms. The quantitative estimate of drug-likeness (QED) is 0.431. The minimum Gasteiger partial charge on any atom is -0.390 e. The second kappa shape index (κ2) is 4.91. The lowest BCUT2D eigenvalue weighted by molar-refractivity contribution is 0.175. The highest BCUT2D eigenvalue weighted by molar-refractivity contribution is 7.91. The molecule has 7 heteroatoms. The van der Waals surface area contributed by atoms with Crippen LogP contribution < -0.4 is 10.6 Å². The van der Waals surface area contributed by atoms with Crippen molar-refractivity contribution in [3.63, 3.8) is 0 Å². The number of hydrogen-bond donors (Lipinski definition) is 3. The van der Waals surface area contributed by atoms with Crippen LogP contribution in [0.5, 0.6) is 0 Å². The van der Waals surface area contributed by atoms with Crippen molar-refractivity contribution < 1.29 is 13.5 Å². The van der Waals surface area contributed by atoms with Crippen LogP contribution in [0.2, 0.25) is 0 Å². The molecule has 1 rings (SSSR count). The average molecular weight is 250 g/mol. The molecular weight excluding hydrogens is 236 g/mol. The standard InChI is InChI=1S/C8H14N2O3S2/c1-2-3-9-8(14)10-6-4-15(12,13)5-7(6)11/h2,6-7,11H,1,3-5H2,(H2,9,10,14)/t6-,7+/m1/s1. The van der Waals surface area contributed by atoms with Crippen LogP contribution in [0.1, 0.15) is 0 Å². The van der Waals surface area contributed by atoms with E-state index in [9.17, 15) is 13.5 Å². The summed E-state index contributed by atoms with van der Waals surface area (Å²) in [6.07, 6.45) is 0.744. The first-order valence-electron chi connectivity index (χ1n) is 4.48. The molecule has 0 aliphatic carbocycles. The molecule has 0 aromatic rings. The Morgan fingerprint density at radius 2 is 2.27 bits per heavy atom. The normalized spacial score (nSPS) is 28.3. The summed E-state index contributed by atoms with van der Waals surface area (Å²) in [7, 11) is -3.13. The van der Waals surface area contributed by atoms with Gasteiger partial charge < -0.3 is 15.7 Å². The Morgan fingerprint density at radius 3 is 2.73 bits per heavy atom. The molecule has 1 aliphatic rings. The largest absolute Gasteiger partial charge is 0.390 e. The fraction of sp³-hybridized carbons (Fsp3) is 0.625. The summed E-state index contributed by atoms with van der Waals surface area (Å²) < 4.78 is 22.3. The van der Waals surface area contributed by atoms with Gasteiger partial charge in [-0.3, -0.25) is 0 Å². The van der Waals surface area contributed by atoms with Crippen molar-refractivity contribution in [2.75, 3.05) is 18.1 Å². The molecule has 1 saturated heterocycles. The molecule has 0 unspecified atom stereocenters. The molecule has 1 aliphatic heterocycles. The van der Waals surface area contributed by atoms with E-state index in [1.54, 1.807) is 6.08 Å². The van der Waals surface area contributed by atoms with E-state index in [2.05, 4.69) is 17.2 Å². The minimum atomic E-state index is -3.13. The van der Waals surface area contributed by atoms with Gasteiger partial charge in [-0.2, -0.15) is 0 Å². The SMILES string of the molecule is C=CCNC(=S)N[C@@H]1CS(=O)(=O)C[C@@H]1O. The summed E-state index contributed by atoms with van der Waals surface area (Å²) in [5.41, 5.74) is 0. The minimum absolute atomic E-state index is 0.0793. The van der Waals surface area contributed by atoms with E-state index in [4.69, 9.17) is 12.2 Å². The molecule has 0 spiro atoms. The Bertz CT molecular complexity index is 353. The third kappa shape index (κ3) is 3.77. The molecule has 0 amide bonds. The second-order valence-electron chi connectivity index (χ2n) is 3.39. The summed E-state index contributed by atoms with van der Waals surface area (Å²) in [5.74, 6) is -0.279. The molecule has 0 aromatic heterocycles. The number of aliphatic hydroxyl groups excluding tert-OH is 1. The van der Waals surface area contributed by atoms with Crippen molar-refractivity contribution in [2.24, 2.45) is 0 Å². The van der Waals surface area contributed by atoms with Crippen LogP contribution in [-0.2, 0) is 9.84 Å². The molecule has 0 radical (unpaired) electrons. The fourth-order valence-corrected chi connectivity index (χ4v) is 3.33. The van der Waals surface area contributed by atoms with Gasteiger partial charge in [-0.05, 0) is 12.2 Å². The van der Waals surface area contributed by atoms with E-state index in [1.165, 1.54) is 0 Å². The summed E-state index contributed by atoms with van der Waals surface area (Å²) in [6, 6.07) is -0.514. The van der Waals surface area contributed by atoms with Crippen molar-refractivity contribution >= 4 is 27.2 Å². The van der Waals surface area contributed by atoms with Gasteiger partial charge in [0.1, 0.15) is 0 Å². The van der Waals surface area contributed by atoms with Crippen LogP contribution >= 0.6 is 12.2 Å². The number of thiocarbonyl (C=S) groups is 1. The predicted octanol–water partition coefficient (Wildman–Crippen LogP) is -1.21. The van der Waals surface area contributed by atoms with Gasteiger partial charge in [0, 0.05) is 6.54 Å². The topological polar surface area (TPSA) is 78.4 Å². The molecule has 5 nitrogen and oxygen atoms in total. The maximum Gasteiger partial charge on any atom is 0.166 e. The van der Waals surface area contributed by atoms with Crippen molar-refractivity contribution in [1.29, 1.82) is 0 Å². The average Bonchev–Trinajstić information content (AvgIpc) is 2.36. The number of nitrogens with one attached hydrogen (secondary N) is 2. The molecule has 0 aromatic carbocycles. The summed E-state index contributed by atoms with van der Waals surface area (Å²) in [6.45, 7) is 4.01. The molecule has 15 heavy (non-hydrogen) atoms. The van der Waals surface area contributed by atoms with Gasteiger partial charge in [-0.1, -0.05) is 6.08 Å². The summed E-state index contributed by atoms with van der Waals surface area (Å²) in [4.78, 5) is 0. The van der Waals surface area contributed by atoms with Gasteiger partial charge in [0.15, 0.2) is 14.9 Å². The van der Waals surface area contributed by atoms with Gasteiger partial charge >= 0.3 is 0 Å². The zero-order valence-electron chi connectivity index (χ0n) is 8.14. The number of rotatable bonds is 3. The summed E-state index contributed by atoms with van der Waals surface area (Å²) in [5, 5.41) is 15.3. The molecule has 86 valence electrons.